The molecule has 0 radical (unpaired) electrons. The zero-order valence-corrected chi connectivity index (χ0v) is 12.7. The standard InChI is InChI=1S/C20H23N/c1-15(11-16-7-3-2-4-8-16)21-13-17-12-18(14-21)20-10-6-5-9-19(17)20/h2-10,15,17-18H,11-14H2,1H3. The molecule has 2 bridgehead atoms. The fourth-order valence-electron chi connectivity index (χ4n) is 4.28. The molecule has 3 unspecified atom stereocenters. The van der Waals surface area contributed by atoms with E-state index in [2.05, 4.69) is 66.4 Å². The molecule has 0 saturated carbocycles. The summed E-state index contributed by atoms with van der Waals surface area (Å²) < 4.78 is 0. The van der Waals surface area contributed by atoms with Crippen LogP contribution in [0.15, 0.2) is 54.6 Å². The normalized spacial score (nSPS) is 25.6. The van der Waals surface area contributed by atoms with Crippen LogP contribution >= 0.6 is 0 Å². The van der Waals surface area contributed by atoms with Gasteiger partial charge in [0, 0.05) is 19.1 Å². The lowest BCUT2D eigenvalue weighted by molar-refractivity contribution is 0.153. The van der Waals surface area contributed by atoms with Crippen LogP contribution in [0.4, 0.5) is 0 Å². The predicted molar refractivity (Wildman–Crippen MR) is 87.7 cm³/mol. The van der Waals surface area contributed by atoms with Gasteiger partial charge in [0.25, 0.3) is 0 Å². The Kier molecular flexibility index (Phi) is 3.31. The third kappa shape index (κ3) is 2.40. The van der Waals surface area contributed by atoms with Crippen molar-refractivity contribution >= 4 is 0 Å². The second-order valence-corrected chi connectivity index (χ2v) is 6.75. The first-order chi connectivity index (χ1) is 10.3. The van der Waals surface area contributed by atoms with Gasteiger partial charge in [-0.15, -0.1) is 0 Å². The topological polar surface area (TPSA) is 3.24 Å². The SMILES string of the molecule is CC(Cc1ccccc1)N1CC2CC(C1)c1ccccc12. The second kappa shape index (κ2) is 5.31. The van der Waals surface area contributed by atoms with Crippen LogP contribution in [0.2, 0.25) is 0 Å². The molecule has 108 valence electrons. The van der Waals surface area contributed by atoms with Gasteiger partial charge in [-0.05, 0) is 48.3 Å². The molecule has 2 aliphatic rings. The molecule has 2 aromatic rings. The van der Waals surface area contributed by atoms with Crippen LogP contribution in [0, 0.1) is 0 Å². The number of rotatable bonds is 3. The molecule has 2 aromatic carbocycles. The molecule has 0 amide bonds. The van der Waals surface area contributed by atoms with Gasteiger partial charge in [-0.1, -0.05) is 54.6 Å². The van der Waals surface area contributed by atoms with E-state index >= 15 is 0 Å². The monoisotopic (exact) mass is 277 g/mol. The zero-order chi connectivity index (χ0) is 14.2. The van der Waals surface area contributed by atoms with E-state index in [0.717, 1.165) is 18.3 Å². The summed E-state index contributed by atoms with van der Waals surface area (Å²) in [5.74, 6) is 1.52. The van der Waals surface area contributed by atoms with Crippen molar-refractivity contribution in [3.8, 4) is 0 Å². The van der Waals surface area contributed by atoms with Gasteiger partial charge in [0.2, 0.25) is 0 Å². The summed E-state index contributed by atoms with van der Waals surface area (Å²) in [5.41, 5.74) is 4.70. The second-order valence-electron chi connectivity index (χ2n) is 6.75. The maximum Gasteiger partial charge on any atom is 0.0108 e. The minimum Gasteiger partial charge on any atom is -0.299 e. The molecule has 1 fully saturated rings. The van der Waals surface area contributed by atoms with E-state index in [1.54, 1.807) is 11.1 Å². The van der Waals surface area contributed by atoms with E-state index in [0.29, 0.717) is 6.04 Å². The first-order valence-electron chi connectivity index (χ1n) is 8.18. The molecule has 3 atom stereocenters. The van der Waals surface area contributed by atoms with Crippen molar-refractivity contribution < 1.29 is 0 Å². The van der Waals surface area contributed by atoms with Gasteiger partial charge >= 0.3 is 0 Å². The highest BCUT2D eigenvalue weighted by Gasteiger charge is 2.38. The summed E-state index contributed by atoms with van der Waals surface area (Å²) in [6.45, 7) is 4.87. The highest BCUT2D eigenvalue weighted by molar-refractivity contribution is 5.40. The average molecular weight is 277 g/mol. The van der Waals surface area contributed by atoms with Gasteiger partial charge in [0.1, 0.15) is 0 Å². The summed E-state index contributed by atoms with van der Waals surface area (Å²) in [6, 6.07) is 20.7. The molecule has 0 aromatic heterocycles. The van der Waals surface area contributed by atoms with Gasteiger partial charge in [0.05, 0.1) is 0 Å². The van der Waals surface area contributed by atoms with Crippen LogP contribution in [0.1, 0.15) is 41.9 Å². The number of hydrogen-bond acceptors (Lipinski definition) is 1. The summed E-state index contributed by atoms with van der Waals surface area (Å²) in [7, 11) is 0. The number of piperidine rings is 1. The molecule has 0 N–H and O–H groups in total. The number of nitrogens with zero attached hydrogens (tertiary/aromatic N) is 1. The molecule has 1 aliphatic heterocycles. The minimum atomic E-state index is 0.631. The molecular formula is C20H23N. The molecule has 4 rings (SSSR count). The van der Waals surface area contributed by atoms with Crippen molar-refractivity contribution in [3.63, 3.8) is 0 Å². The van der Waals surface area contributed by atoms with Crippen LogP contribution < -0.4 is 0 Å². The van der Waals surface area contributed by atoms with Gasteiger partial charge in [-0.25, -0.2) is 0 Å². The first kappa shape index (κ1) is 13.1. The van der Waals surface area contributed by atoms with Crippen LogP contribution in [0.3, 0.4) is 0 Å². The minimum absolute atomic E-state index is 0.631. The zero-order valence-electron chi connectivity index (χ0n) is 12.7. The van der Waals surface area contributed by atoms with Crippen molar-refractivity contribution in [2.75, 3.05) is 13.1 Å². The quantitative estimate of drug-likeness (QED) is 0.812. The smallest absolute Gasteiger partial charge is 0.0108 e. The number of benzene rings is 2. The molecule has 1 saturated heterocycles. The largest absolute Gasteiger partial charge is 0.299 e. The lowest BCUT2D eigenvalue weighted by Gasteiger charge is -2.36. The summed E-state index contributed by atoms with van der Waals surface area (Å²) in [5, 5.41) is 0. The molecule has 1 aliphatic carbocycles. The van der Waals surface area contributed by atoms with Gasteiger partial charge < -0.3 is 0 Å². The highest BCUT2D eigenvalue weighted by atomic mass is 15.2. The maximum atomic E-state index is 2.71. The fourth-order valence-corrected chi connectivity index (χ4v) is 4.28. The number of fused-ring (bicyclic) bond motifs is 5. The lowest BCUT2D eigenvalue weighted by Crippen LogP contribution is -2.42. The van der Waals surface area contributed by atoms with Crippen LogP contribution in [-0.2, 0) is 6.42 Å². The van der Waals surface area contributed by atoms with E-state index in [1.165, 1.54) is 25.1 Å². The van der Waals surface area contributed by atoms with E-state index in [9.17, 15) is 0 Å². The Balaban J connectivity index is 1.50. The molecule has 0 spiro atoms. The van der Waals surface area contributed by atoms with Crippen LogP contribution in [0.5, 0.6) is 0 Å². The maximum absolute atomic E-state index is 2.71. The van der Waals surface area contributed by atoms with Crippen molar-refractivity contribution in [2.24, 2.45) is 0 Å². The molecule has 1 heterocycles. The van der Waals surface area contributed by atoms with Crippen molar-refractivity contribution in [1.82, 2.24) is 4.90 Å². The summed E-state index contributed by atoms with van der Waals surface area (Å²) >= 11 is 0. The molecular weight excluding hydrogens is 254 g/mol. The molecule has 21 heavy (non-hydrogen) atoms. The number of hydrogen-bond donors (Lipinski definition) is 0. The Morgan fingerprint density at radius 3 is 2.10 bits per heavy atom. The Morgan fingerprint density at radius 2 is 1.48 bits per heavy atom. The Morgan fingerprint density at radius 1 is 0.905 bits per heavy atom. The summed E-state index contributed by atoms with van der Waals surface area (Å²) in [4.78, 5) is 2.71. The van der Waals surface area contributed by atoms with E-state index in [4.69, 9.17) is 0 Å². The Bertz CT molecular complexity index is 588. The summed E-state index contributed by atoms with van der Waals surface area (Å²) in [6.07, 6.45) is 2.53. The fraction of sp³-hybridized carbons (Fsp3) is 0.400. The van der Waals surface area contributed by atoms with E-state index in [-0.39, 0.29) is 0 Å². The van der Waals surface area contributed by atoms with E-state index in [1.807, 2.05) is 0 Å². The Labute approximate surface area is 127 Å². The average Bonchev–Trinajstić information content (AvgIpc) is 2.79. The van der Waals surface area contributed by atoms with Gasteiger partial charge in [-0.3, -0.25) is 4.90 Å². The number of likely N-dealkylation sites (tertiary alicyclic amines) is 1. The van der Waals surface area contributed by atoms with E-state index < -0.39 is 0 Å². The van der Waals surface area contributed by atoms with Crippen molar-refractivity contribution in [3.05, 3.63) is 71.3 Å². The lowest BCUT2D eigenvalue weighted by atomic mass is 9.93. The van der Waals surface area contributed by atoms with Gasteiger partial charge in [-0.2, -0.15) is 0 Å². The first-order valence-corrected chi connectivity index (χ1v) is 8.18. The van der Waals surface area contributed by atoms with Crippen molar-refractivity contribution in [1.29, 1.82) is 0 Å². The predicted octanol–water partition coefficient (Wildman–Crippen LogP) is 4.20. The molecule has 1 nitrogen and oxygen atoms in total. The van der Waals surface area contributed by atoms with Crippen molar-refractivity contribution in [2.45, 2.75) is 37.6 Å². The Hall–Kier alpha value is -1.60. The third-order valence-electron chi connectivity index (χ3n) is 5.35. The van der Waals surface area contributed by atoms with Crippen LogP contribution in [0.25, 0.3) is 0 Å². The molecule has 1 heteroatoms. The third-order valence-corrected chi connectivity index (χ3v) is 5.35. The van der Waals surface area contributed by atoms with Crippen LogP contribution in [-0.4, -0.2) is 24.0 Å². The highest BCUT2D eigenvalue weighted by Crippen LogP contribution is 2.46. The van der Waals surface area contributed by atoms with Gasteiger partial charge in [0.15, 0.2) is 0 Å².